The lowest BCUT2D eigenvalue weighted by Crippen LogP contribution is -2.39. The summed E-state index contributed by atoms with van der Waals surface area (Å²) in [7, 11) is 0. The van der Waals surface area contributed by atoms with Gasteiger partial charge in [-0.3, -0.25) is 4.79 Å². The summed E-state index contributed by atoms with van der Waals surface area (Å²) < 4.78 is 0. The van der Waals surface area contributed by atoms with Crippen molar-refractivity contribution in [3.63, 3.8) is 0 Å². The van der Waals surface area contributed by atoms with Gasteiger partial charge in [-0.15, -0.1) is 0 Å². The fraction of sp³-hybridized carbons (Fsp3) is 0.500. The van der Waals surface area contributed by atoms with Crippen molar-refractivity contribution >= 4 is 5.97 Å². The summed E-state index contributed by atoms with van der Waals surface area (Å²) in [5, 5.41) is 0.350. The van der Waals surface area contributed by atoms with Gasteiger partial charge in [0.1, 0.15) is 0 Å². The Balaban J connectivity index is 3.13. The first kappa shape index (κ1) is 6.35. The fourth-order valence-corrected chi connectivity index (χ4v) is 0.148. The lowest BCUT2D eigenvalue weighted by atomic mass is 10.8. The van der Waals surface area contributed by atoms with Crippen molar-refractivity contribution in [2.45, 2.75) is 6.92 Å². The van der Waals surface area contributed by atoms with Crippen LogP contribution in [0.2, 0.25) is 0 Å². The number of hydrogen-bond donors (Lipinski definition) is 2. The van der Waals surface area contributed by atoms with Crippen LogP contribution in [0.4, 0.5) is 0 Å². The molecule has 0 amide bonds. The molecule has 5 nitrogen and oxygen atoms in total. The molecule has 0 atom stereocenters. The van der Waals surface area contributed by atoms with Crippen LogP contribution in [0.1, 0.15) is 6.92 Å². The van der Waals surface area contributed by atoms with Gasteiger partial charge in [-0.05, 0) is 5.28 Å². The van der Waals surface area contributed by atoms with Crippen LogP contribution in [-0.2, 0) is 9.63 Å². The topological polar surface area (TPSA) is 81.6 Å². The molecule has 0 heterocycles. The highest BCUT2D eigenvalue weighted by molar-refractivity contribution is 5.65. The van der Waals surface area contributed by atoms with Crippen molar-refractivity contribution in [3.05, 3.63) is 0 Å². The van der Waals surface area contributed by atoms with E-state index in [1.165, 1.54) is 6.92 Å². The maximum atomic E-state index is 9.83. The number of rotatable bonds is 1. The number of carbonyl (C=O) groups excluding carboxylic acids is 1. The molecule has 0 radical (unpaired) electrons. The van der Waals surface area contributed by atoms with Crippen LogP contribution < -0.4 is 11.7 Å². The number of nitrogens with two attached hydrogens (primary N) is 2. The minimum absolute atomic E-state index is 0.350. The van der Waals surface area contributed by atoms with Crippen molar-refractivity contribution < 1.29 is 9.63 Å². The third kappa shape index (κ3) is 5.35. The van der Waals surface area contributed by atoms with Crippen LogP contribution in [0, 0.1) is 0 Å². The van der Waals surface area contributed by atoms with Gasteiger partial charge in [0.05, 0.1) is 0 Å². The van der Waals surface area contributed by atoms with Crippen LogP contribution in [0.3, 0.4) is 0 Å². The van der Waals surface area contributed by atoms with E-state index in [0.717, 1.165) is 0 Å². The highest BCUT2D eigenvalue weighted by Crippen LogP contribution is 1.69. The highest BCUT2D eigenvalue weighted by Gasteiger charge is 1.91. The van der Waals surface area contributed by atoms with Crippen LogP contribution in [-0.4, -0.2) is 11.3 Å². The van der Waals surface area contributed by atoms with Crippen LogP contribution in [0.25, 0.3) is 0 Å². The molecular formula is C2H7N3O2. The largest absolute Gasteiger partial charge is 0.338 e. The fourth-order valence-electron chi connectivity index (χ4n) is 0.148. The maximum absolute atomic E-state index is 9.83. The Hall–Kier alpha value is -0.650. The lowest BCUT2D eigenvalue weighted by molar-refractivity contribution is -0.190. The summed E-state index contributed by atoms with van der Waals surface area (Å²) in [6.45, 7) is 1.20. The molecule has 0 aliphatic heterocycles. The molecule has 0 aromatic rings. The van der Waals surface area contributed by atoms with Gasteiger partial charge < -0.3 is 4.84 Å². The van der Waals surface area contributed by atoms with E-state index in [0.29, 0.717) is 5.28 Å². The summed E-state index contributed by atoms with van der Waals surface area (Å²) >= 11 is 0. The molecule has 5 heteroatoms. The molecule has 0 rings (SSSR count). The second kappa shape index (κ2) is 2.51. The summed E-state index contributed by atoms with van der Waals surface area (Å²) in [4.78, 5) is 13.8. The SMILES string of the molecule is CC(=O)ON(N)N. The molecule has 0 spiro atoms. The summed E-state index contributed by atoms with van der Waals surface area (Å²) in [5.41, 5.74) is 0. The summed E-state index contributed by atoms with van der Waals surface area (Å²) in [5.74, 6) is 8.79. The van der Waals surface area contributed by atoms with Crippen molar-refractivity contribution in [3.8, 4) is 0 Å². The predicted molar refractivity (Wildman–Crippen MR) is 22.0 cm³/mol. The highest BCUT2D eigenvalue weighted by atomic mass is 16.8. The van der Waals surface area contributed by atoms with E-state index >= 15 is 0 Å². The van der Waals surface area contributed by atoms with E-state index < -0.39 is 5.97 Å². The Morgan fingerprint density at radius 2 is 2.14 bits per heavy atom. The minimum Gasteiger partial charge on any atom is -0.338 e. The van der Waals surface area contributed by atoms with Crippen molar-refractivity contribution in [2.24, 2.45) is 11.7 Å². The van der Waals surface area contributed by atoms with E-state index in [9.17, 15) is 4.79 Å². The normalized spacial score (nSPS) is 9.14. The molecule has 0 bridgehead atoms. The third-order valence-corrected chi connectivity index (χ3v) is 0.234. The predicted octanol–water partition coefficient (Wildman–Crippen LogP) is -1.49. The molecule has 0 aromatic heterocycles. The van der Waals surface area contributed by atoms with Gasteiger partial charge in [0.25, 0.3) is 0 Å². The van der Waals surface area contributed by atoms with Gasteiger partial charge in [0.15, 0.2) is 0 Å². The molecule has 0 fully saturated rings. The molecule has 0 aliphatic carbocycles. The first-order chi connectivity index (χ1) is 3.13. The average Bonchev–Trinajstić information content (AvgIpc) is 1.27. The molecule has 0 saturated heterocycles. The average molecular weight is 105 g/mol. The summed E-state index contributed by atoms with van der Waals surface area (Å²) in [6.07, 6.45) is 0. The summed E-state index contributed by atoms with van der Waals surface area (Å²) in [6, 6.07) is 0. The Labute approximate surface area is 40.7 Å². The smallest absolute Gasteiger partial charge is 0.325 e. The molecule has 42 valence electrons. The van der Waals surface area contributed by atoms with Crippen molar-refractivity contribution in [1.82, 2.24) is 5.28 Å². The number of carbonyl (C=O) groups is 1. The van der Waals surface area contributed by atoms with E-state index in [1.807, 2.05) is 0 Å². The molecule has 4 N–H and O–H groups in total. The van der Waals surface area contributed by atoms with Gasteiger partial charge in [-0.1, -0.05) is 0 Å². The van der Waals surface area contributed by atoms with Gasteiger partial charge in [-0.25, -0.2) is 11.7 Å². The molecular weight excluding hydrogens is 98.0 g/mol. The number of nitrogens with zero attached hydrogens (tertiary/aromatic N) is 1. The van der Waals surface area contributed by atoms with Crippen molar-refractivity contribution in [1.29, 1.82) is 0 Å². The zero-order valence-corrected chi connectivity index (χ0v) is 3.92. The Morgan fingerprint density at radius 3 is 2.14 bits per heavy atom. The van der Waals surface area contributed by atoms with E-state index in [1.54, 1.807) is 0 Å². The Kier molecular flexibility index (Phi) is 2.28. The first-order valence-electron chi connectivity index (χ1n) is 1.61. The molecule has 7 heavy (non-hydrogen) atoms. The monoisotopic (exact) mass is 105 g/mol. The van der Waals surface area contributed by atoms with Gasteiger partial charge >= 0.3 is 5.97 Å². The second-order valence-electron chi connectivity index (χ2n) is 0.943. The molecule has 0 aromatic carbocycles. The standard InChI is InChI=1S/C2H7N3O2/c1-2(6)7-5(3)4/h3-4H2,1H3. The quantitative estimate of drug-likeness (QED) is 0.314. The molecule has 0 saturated carbocycles. The number of hydrogen-bond acceptors (Lipinski definition) is 5. The number of hydrazine groups is 2. The lowest BCUT2D eigenvalue weighted by Gasteiger charge is -2.04. The zero-order chi connectivity index (χ0) is 5.86. The Bertz CT molecular complexity index is 71.3. The Morgan fingerprint density at radius 1 is 1.71 bits per heavy atom. The van der Waals surface area contributed by atoms with E-state index in [-0.39, 0.29) is 0 Å². The van der Waals surface area contributed by atoms with Gasteiger partial charge in [0, 0.05) is 6.92 Å². The second-order valence-corrected chi connectivity index (χ2v) is 0.943. The molecule has 0 unspecified atom stereocenters. The van der Waals surface area contributed by atoms with Crippen LogP contribution >= 0.6 is 0 Å². The zero-order valence-electron chi connectivity index (χ0n) is 3.92. The third-order valence-electron chi connectivity index (χ3n) is 0.234. The van der Waals surface area contributed by atoms with Gasteiger partial charge in [0.2, 0.25) is 0 Å². The van der Waals surface area contributed by atoms with Gasteiger partial charge in [-0.2, -0.15) is 0 Å². The molecule has 0 aliphatic rings. The van der Waals surface area contributed by atoms with Crippen molar-refractivity contribution in [2.75, 3.05) is 0 Å². The van der Waals surface area contributed by atoms with Crippen LogP contribution in [0.5, 0.6) is 0 Å². The van der Waals surface area contributed by atoms with Crippen LogP contribution in [0.15, 0.2) is 0 Å². The van der Waals surface area contributed by atoms with E-state index in [4.69, 9.17) is 0 Å². The van der Waals surface area contributed by atoms with E-state index in [2.05, 4.69) is 16.5 Å². The minimum atomic E-state index is -0.537. The first-order valence-corrected chi connectivity index (χ1v) is 1.61. The maximum Gasteiger partial charge on any atom is 0.325 e.